The second kappa shape index (κ2) is 12.5. The molecule has 3 aliphatic rings. The Labute approximate surface area is 288 Å². The van der Waals surface area contributed by atoms with Gasteiger partial charge in [0.2, 0.25) is 0 Å². The third-order valence-corrected chi connectivity index (χ3v) is 13.7. The largest absolute Gasteiger partial charge is 0.456 e. The Morgan fingerprint density at radius 1 is 0.812 bits per heavy atom. The zero-order chi connectivity index (χ0) is 33.0. The van der Waals surface area contributed by atoms with Gasteiger partial charge in [-0.15, -0.1) is 0 Å². The minimum atomic E-state index is -0.0344. The van der Waals surface area contributed by atoms with Gasteiger partial charge in [0.15, 0.2) is 0 Å². The molecule has 3 nitrogen and oxygen atoms in total. The Hall–Kier alpha value is -3.33. The first-order valence-corrected chi connectivity index (χ1v) is 19.7. The number of hydrogen-bond acceptors (Lipinski definition) is 1. The molecule has 2 aromatic heterocycles. The predicted molar refractivity (Wildman–Crippen MR) is 201 cm³/mol. The van der Waals surface area contributed by atoms with Crippen LogP contribution in [0, 0.1) is 0 Å². The van der Waals surface area contributed by atoms with Gasteiger partial charge in [-0.2, -0.15) is 4.57 Å². The number of imidazole rings is 1. The highest BCUT2D eigenvalue weighted by molar-refractivity contribution is 6.09. The van der Waals surface area contributed by atoms with Crippen LogP contribution in [0.15, 0.2) is 65.3 Å². The zero-order valence-electron chi connectivity index (χ0n) is 30.3. The average Bonchev–Trinajstić information content (AvgIpc) is 3.75. The summed E-state index contributed by atoms with van der Waals surface area (Å²) >= 11 is 0. The molecule has 2 unspecified atom stereocenters. The number of unbranched alkanes of at least 4 members (excludes halogenated alkanes) is 1. The van der Waals surface area contributed by atoms with E-state index in [-0.39, 0.29) is 11.0 Å². The van der Waals surface area contributed by atoms with E-state index in [2.05, 4.69) is 105 Å². The Morgan fingerprint density at radius 2 is 1.54 bits per heavy atom. The van der Waals surface area contributed by atoms with Crippen molar-refractivity contribution in [1.29, 1.82) is 0 Å². The molecule has 2 aliphatic carbocycles. The fourth-order valence-electron chi connectivity index (χ4n) is 10.4. The molecule has 2 fully saturated rings. The summed E-state index contributed by atoms with van der Waals surface area (Å²) in [6.45, 7) is 12.1. The van der Waals surface area contributed by atoms with Crippen molar-refractivity contribution < 1.29 is 8.98 Å². The maximum atomic E-state index is 6.89. The molecule has 3 heterocycles. The Bertz CT molecular complexity index is 1950. The van der Waals surface area contributed by atoms with Gasteiger partial charge in [0.1, 0.15) is 34.8 Å². The summed E-state index contributed by atoms with van der Waals surface area (Å²) in [5.74, 6) is 2.47. The number of rotatable bonds is 8. The third-order valence-electron chi connectivity index (χ3n) is 13.7. The lowest BCUT2D eigenvalue weighted by atomic mass is 9.61. The molecule has 0 saturated heterocycles. The molecular weight excluding hydrogens is 585 g/mol. The molecule has 48 heavy (non-hydrogen) atoms. The monoisotopic (exact) mass is 641 g/mol. The van der Waals surface area contributed by atoms with E-state index >= 15 is 0 Å². The van der Waals surface area contributed by atoms with Gasteiger partial charge in [0.25, 0.3) is 5.82 Å². The average molecular weight is 642 g/mol. The molecule has 0 N–H and O–H groups in total. The van der Waals surface area contributed by atoms with Crippen molar-refractivity contribution in [2.24, 2.45) is 0 Å². The maximum Gasteiger partial charge on any atom is 0.294 e. The van der Waals surface area contributed by atoms with Gasteiger partial charge in [-0.3, -0.25) is 0 Å². The van der Waals surface area contributed by atoms with E-state index in [0.29, 0.717) is 11.8 Å². The topological polar surface area (TPSA) is 21.9 Å². The van der Waals surface area contributed by atoms with E-state index in [9.17, 15) is 0 Å². The quantitative estimate of drug-likeness (QED) is 0.155. The lowest BCUT2D eigenvalue weighted by Gasteiger charge is -2.47. The van der Waals surface area contributed by atoms with E-state index in [4.69, 9.17) is 4.42 Å². The van der Waals surface area contributed by atoms with Crippen LogP contribution in [0.3, 0.4) is 0 Å². The second-order valence-electron chi connectivity index (χ2n) is 16.0. The summed E-state index contributed by atoms with van der Waals surface area (Å²) < 4.78 is 12.3. The molecule has 0 amide bonds. The van der Waals surface area contributed by atoms with Crippen LogP contribution in [0.25, 0.3) is 39.0 Å². The van der Waals surface area contributed by atoms with Gasteiger partial charge < -0.3 is 4.42 Å². The molecule has 252 valence electrons. The minimum Gasteiger partial charge on any atom is -0.456 e. The standard InChI is InChI=1S/C45H57N2O/c1-6-9-18-31-25-26-38-36(29-31)41-39(48-38)30-35(32-19-12-10-13-20-32)42(40(41)33-21-14-11-15-22-33)46-27-28-47-43(46)34-23-16-17-24-37(34)44(4,7-2)45(47,5)8-3/h16-17,23-30,32-33H,6-15,18-22H2,1-5H3/q+1. The molecule has 3 aromatic carbocycles. The first-order chi connectivity index (χ1) is 23.4. The van der Waals surface area contributed by atoms with Crippen molar-refractivity contribution in [3.8, 4) is 17.1 Å². The molecule has 1 aliphatic heterocycles. The number of aryl methyl sites for hydroxylation is 1. The van der Waals surface area contributed by atoms with E-state index in [1.807, 2.05) is 0 Å². The second-order valence-corrected chi connectivity index (χ2v) is 16.0. The molecule has 0 bridgehead atoms. The Balaban J connectivity index is 1.49. The van der Waals surface area contributed by atoms with E-state index in [1.165, 1.54) is 122 Å². The van der Waals surface area contributed by atoms with Crippen molar-refractivity contribution in [3.63, 3.8) is 0 Å². The molecule has 5 aromatic rings. The van der Waals surface area contributed by atoms with E-state index in [0.717, 1.165) is 30.4 Å². The van der Waals surface area contributed by atoms with E-state index in [1.54, 1.807) is 5.56 Å². The number of hydrogen-bond donors (Lipinski definition) is 0. The normalized spacial score (nSPS) is 23.5. The summed E-state index contributed by atoms with van der Waals surface area (Å²) in [5.41, 5.74) is 11.1. The molecule has 3 heteroatoms. The van der Waals surface area contributed by atoms with Crippen molar-refractivity contribution in [1.82, 2.24) is 4.57 Å². The van der Waals surface area contributed by atoms with E-state index < -0.39 is 0 Å². The maximum absolute atomic E-state index is 6.89. The SMILES string of the molecule is CCCCc1ccc2oc3cc(C4CCCCC4)c(-n4cc[n+]5c4-c4ccccc4C(C)(CC)C5(C)CC)c(C4CCCCC4)c3c2c1. The van der Waals surface area contributed by atoms with Crippen molar-refractivity contribution >= 4 is 21.9 Å². The highest BCUT2D eigenvalue weighted by Crippen LogP contribution is 2.52. The van der Waals surface area contributed by atoms with Crippen LogP contribution in [0.2, 0.25) is 0 Å². The Morgan fingerprint density at radius 3 is 2.25 bits per heavy atom. The van der Waals surface area contributed by atoms with Crippen LogP contribution in [0.1, 0.15) is 159 Å². The summed E-state index contributed by atoms with van der Waals surface area (Å²) in [5, 5.41) is 2.74. The third kappa shape index (κ3) is 4.77. The molecular formula is C45H57N2O+. The molecule has 0 radical (unpaired) electrons. The van der Waals surface area contributed by atoms with Crippen molar-refractivity contribution in [2.75, 3.05) is 0 Å². The highest BCUT2D eigenvalue weighted by atomic mass is 16.3. The minimum absolute atomic E-state index is 0.0344. The summed E-state index contributed by atoms with van der Waals surface area (Å²) in [4.78, 5) is 0. The fourth-order valence-corrected chi connectivity index (χ4v) is 10.4. The Kier molecular flexibility index (Phi) is 8.33. The van der Waals surface area contributed by atoms with Crippen LogP contribution in [0.4, 0.5) is 0 Å². The number of fused-ring (bicyclic) bond motifs is 6. The lowest BCUT2D eigenvalue weighted by Crippen LogP contribution is -2.67. The van der Waals surface area contributed by atoms with Gasteiger partial charge >= 0.3 is 0 Å². The van der Waals surface area contributed by atoms with Crippen molar-refractivity contribution in [3.05, 3.63) is 83.2 Å². The predicted octanol–water partition coefficient (Wildman–Crippen LogP) is 12.6. The van der Waals surface area contributed by atoms with Crippen LogP contribution in [-0.4, -0.2) is 4.57 Å². The van der Waals surface area contributed by atoms with Gasteiger partial charge in [-0.1, -0.05) is 96.9 Å². The van der Waals surface area contributed by atoms with Gasteiger partial charge in [0, 0.05) is 27.3 Å². The van der Waals surface area contributed by atoms with Crippen molar-refractivity contribution in [2.45, 2.75) is 154 Å². The fraction of sp³-hybridized carbons (Fsp3) is 0.533. The zero-order valence-corrected chi connectivity index (χ0v) is 30.3. The smallest absolute Gasteiger partial charge is 0.294 e. The highest BCUT2D eigenvalue weighted by Gasteiger charge is 2.55. The van der Waals surface area contributed by atoms with Crippen LogP contribution >= 0.6 is 0 Å². The summed E-state index contributed by atoms with van der Waals surface area (Å²) in [6, 6.07) is 19.0. The molecule has 0 spiro atoms. The molecule has 8 rings (SSSR count). The van der Waals surface area contributed by atoms with Crippen LogP contribution in [0.5, 0.6) is 0 Å². The number of benzene rings is 3. The van der Waals surface area contributed by atoms with Gasteiger partial charge in [-0.05, 0) is 106 Å². The van der Waals surface area contributed by atoms with Crippen LogP contribution < -0.4 is 4.57 Å². The van der Waals surface area contributed by atoms with Gasteiger partial charge in [-0.25, -0.2) is 4.57 Å². The summed E-state index contributed by atoms with van der Waals surface area (Å²) in [7, 11) is 0. The van der Waals surface area contributed by atoms with Gasteiger partial charge in [0.05, 0.1) is 5.56 Å². The first-order valence-electron chi connectivity index (χ1n) is 19.7. The lowest BCUT2D eigenvalue weighted by molar-refractivity contribution is -0.764. The van der Waals surface area contributed by atoms with Crippen LogP contribution in [-0.2, 0) is 17.4 Å². The molecule has 2 atom stereocenters. The number of nitrogens with zero attached hydrogens (tertiary/aromatic N) is 2. The number of furan rings is 1. The first kappa shape index (κ1) is 31.9. The number of aromatic nitrogens is 2. The summed E-state index contributed by atoms with van der Waals surface area (Å²) in [6.07, 6.45) is 23.8. The molecule has 2 saturated carbocycles.